The van der Waals surface area contributed by atoms with Crippen LogP contribution >= 0.6 is 0 Å². The number of rotatable bonds is 4. The highest BCUT2D eigenvalue weighted by molar-refractivity contribution is 6.06. The van der Waals surface area contributed by atoms with Crippen LogP contribution in [0.15, 0.2) is 66.7 Å². The molecule has 0 fully saturated rings. The average Bonchev–Trinajstić information content (AvgIpc) is 3.06. The van der Waals surface area contributed by atoms with Crippen molar-refractivity contribution in [2.75, 3.05) is 7.11 Å². The summed E-state index contributed by atoms with van der Waals surface area (Å²) in [7, 11) is 1.52. The van der Waals surface area contributed by atoms with Gasteiger partial charge in [0.05, 0.1) is 12.8 Å². The smallest absolute Gasteiger partial charge is 0.152 e. The second kappa shape index (κ2) is 6.48. The molecule has 4 rings (SSSR count). The molecule has 1 heterocycles. The molecule has 0 aliphatic carbocycles. The molecule has 0 amide bonds. The van der Waals surface area contributed by atoms with Gasteiger partial charge in [0.1, 0.15) is 11.6 Å². The first-order valence-electron chi connectivity index (χ1n) is 8.21. The van der Waals surface area contributed by atoms with Gasteiger partial charge in [0.25, 0.3) is 0 Å². The Balaban J connectivity index is 1.95. The number of methoxy groups -OCH3 is 1. The van der Waals surface area contributed by atoms with E-state index in [1.807, 2.05) is 48.5 Å². The molecule has 4 aromatic rings. The van der Waals surface area contributed by atoms with Crippen LogP contribution in [0.4, 0.5) is 4.39 Å². The highest BCUT2D eigenvalue weighted by atomic mass is 19.1. The fourth-order valence-corrected chi connectivity index (χ4v) is 3.23. The Kier molecular flexibility index (Phi) is 4.01. The van der Waals surface area contributed by atoms with Crippen molar-refractivity contribution in [2.24, 2.45) is 0 Å². The Morgan fingerprint density at radius 2 is 1.77 bits per heavy atom. The summed E-state index contributed by atoms with van der Waals surface area (Å²) in [5, 5.41) is 0.794. The summed E-state index contributed by atoms with van der Waals surface area (Å²) in [5.41, 5.74) is 4.45. The lowest BCUT2D eigenvalue weighted by atomic mass is 10.0. The van der Waals surface area contributed by atoms with Gasteiger partial charge in [-0.05, 0) is 41.5 Å². The van der Waals surface area contributed by atoms with E-state index in [2.05, 4.69) is 4.98 Å². The van der Waals surface area contributed by atoms with E-state index in [1.54, 1.807) is 6.07 Å². The molecular weight excluding hydrogens is 329 g/mol. The molecule has 1 aromatic heterocycles. The van der Waals surface area contributed by atoms with Gasteiger partial charge in [0, 0.05) is 22.0 Å². The Labute approximate surface area is 150 Å². The summed E-state index contributed by atoms with van der Waals surface area (Å²) in [6, 6.07) is 20.1. The topological polar surface area (TPSA) is 42.1 Å². The van der Waals surface area contributed by atoms with Crippen molar-refractivity contribution < 1.29 is 13.9 Å². The van der Waals surface area contributed by atoms with Crippen molar-refractivity contribution in [2.45, 2.75) is 0 Å². The van der Waals surface area contributed by atoms with Gasteiger partial charge in [-0.3, -0.25) is 4.79 Å². The van der Waals surface area contributed by atoms with Crippen LogP contribution in [0.2, 0.25) is 0 Å². The summed E-state index contributed by atoms with van der Waals surface area (Å²) in [5.74, 6) is 0.116. The maximum absolute atomic E-state index is 13.8. The van der Waals surface area contributed by atoms with E-state index in [0.717, 1.165) is 28.3 Å². The first-order chi connectivity index (χ1) is 12.7. The van der Waals surface area contributed by atoms with Gasteiger partial charge in [-0.1, -0.05) is 36.4 Å². The van der Waals surface area contributed by atoms with Gasteiger partial charge in [0.15, 0.2) is 6.29 Å². The minimum atomic E-state index is -0.388. The first-order valence-corrected chi connectivity index (χ1v) is 8.21. The molecule has 3 aromatic carbocycles. The van der Waals surface area contributed by atoms with Crippen LogP contribution in [0.1, 0.15) is 10.4 Å². The van der Waals surface area contributed by atoms with Crippen LogP contribution in [-0.2, 0) is 0 Å². The lowest BCUT2D eigenvalue weighted by Gasteiger charge is -2.07. The highest BCUT2D eigenvalue weighted by Gasteiger charge is 2.17. The quantitative estimate of drug-likeness (QED) is 0.499. The number of benzene rings is 3. The molecule has 0 bridgehead atoms. The molecule has 3 nitrogen and oxygen atoms in total. The Morgan fingerprint density at radius 3 is 2.50 bits per heavy atom. The molecular formula is C22H16FNO2. The summed E-state index contributed by atoms with van der Waals surface area (Å²) >= 11 is 0. The van der Waals surface area contributed by atoms with Crippen LogP contribution in [0.5, 0.6) is 5.75 Å². The van der Waals surface area contributed by atoms with Crippen LogP contribution < -0.4 is 4.74 Å². The van der Waals surface area contributed by atoms with Crippen molar-refractivity contribution in [3.8, 4) is 28.1 Å². The zero-order valence-electron chi connectivity index (χ0n) is 14.1. The third kappa shape index (κ3) is 2.65. The van der Waals surface area contributed by atoms with Gasteiger partial charge in [-0.2, -0.15) is 0 Å². The zero-order valence-corrected chi connectivity index (χ0v) is 14.1. The molecule has 0 saturated heterocycles. The second-order valence-electron chi connectivity index (χ2n) is 6.00. The Bertz CT molecular complexity index is 1100. The van der Waals surface area contributed by atoms with Crippen LogP contribution in [-0.4, -0.2) is 18.4 Å². The lowest BCUT2D eigenvalue weighted by Crippen LogP contribution is -1.92. The van der Waals surface area contributed by atoms with E-state index in [0.29, 0.717) is 22.6 Å². The SMILES string of the molecule is COc1ccc(F)cc1-c1[nH]c2ccc(-c3ccccc3)cc2c1C=O. The summed E-state index contributed by atoms with van der Waals surface area (Å²) in [6.07, 6.45) is 0.799. The largest absolute Gasteiger partial charge is 0.496 e. The van der Waals surface area contributed by atoms with Crippen molar-refractivity contribution in [1.82, 2.24) is 4.98 Å². The number of fused-ring (bicyclic) bond motifs is 1. The van der Waals surface area contributed by atoms with Gasteiger partial charge in [-0.25, -0.2) is 4.39 Å². The van der Waals surface area contributed by atoms with E-state index in [9.17, 15) is 9.18 Å². The summed E-state index contributed by atoms with van der Waals surface area (Å²) in [4.78, 5) is 15.1. The normalized spacial score (nSPS) is 10.8. The van der Waals surface area contributed by atoms with Crippen molar-refractivity contribution in [3.05, 3.63) is 78.1 Å². The van der Waals surface area contributed by atoms with E-state index >= 15 is 0 Å². The van der Waals surface area contributed by atoms with E-state index < -0.39 is 0 Å². The maximum atomic E-state index is 13.8. The van der Waals surface area contributed by atoms with Crippen molar-refractivity contribution in [1.29, 1.82) is 0 Å². The standard InChI is InChI=1S/C22H16FNO2/c1-26-21-10-8-16(23)12-18(21)22-19(13-25)17-11-15(7-9-20(17)24-22)14-5-3-2-4-6-14/h2-13,24H,1H3. The predicted molar refractivity (Wildman–Crippen MR) is 101 cm³/mol. The molecule has 0 spiro atoms. The fraction of sp³-hybridized carbons (Fsp3) is 0.0455. The number of aromatic nitrogens is 1. The number of hydrogen-bond acceptors (Lipinski definition) is 2. The molecule has 0 saturated carbocycles. The maximum Gasteiger partial charge on any atom is 0.152 e. The predicted octanol–water partition coefficient (Wildman–Crippen LogP) is 5.46. The lowest BCUT2D eigenvalue weighted by molar-refractivity contribution is 0.112. The third-order valence-electron chi connectivity index (χ3n) is 4.49. The number of halogens is 1. The van der Waals surface area contributed by atoms with Crippen LogP contribution in [0, 0.1) is 5.82 Å². The number of carbonyl (C=O) groups excluding carboxylic acids is 1. The van der Waals surface area contributed by atoms with Gasteiger partial charge in [-0.15, -0.1) is 0 Å². The minimum absolute atomic E-state index is 0.388. The van der Waals surface area contributed by atoms with Crippen LogP contribution in [0.25, 0.3) is 33.3 Å². The molecule has 1 N–H and O–H groups in total. The number of nitrogens with one attached hydrogen (secondary N) is 1. The number of ether oxygens (including phenoxy) is 1. The highest BCUT2D eigenvalue weighted by Crippen LogP contribution is 2.36. The average molecular weight is 345 g/mol. The van der Waals surface area contributed by atoms with Gasteiger partial charge in [0.2, 0.25) is 0 Å². The Hall–Kier alpha value is -3.40. The van der Waals surface area contributed by atoms with Crippen LogP contribution in [0.3, 0.4) is 0 Å². The number of carbonyl (C=O) groups is 1. The molecule has 26 heavy (non-hydrogen) atoms. The summed E-state index contributed by atoms with van der Waals surface area (Å²) < 4.78 is 19.1. The zero-order chi connectivity index (χ0) is 18.1. The molecule has 0 unspecified atom stereocenters. The fourth-order valence-electron chi connectivity index (χ4n) is 3.23. The molecule has 4 heteroatoms. The number of H-pyrrole nitrogens is 1. The molecule has 128 valence electrons. The van der Waals surface area contributed by atoms with E-state index in [1.165, 1.54) is 19.2 Å². The van der Waals surface area contributed by atoms with E-state index in [4.69, 9.17) is 4.74 Å². The minimum Gasteiger partial charge on any atom is -0.496 e. The van der Waals surface area contributed by atoms with E-state index in [-0.39, 0.29) is 5.82 Å². The number of hydrogen-bond donors (Lipinski definition) is 1. The monoisotopic (exact) mass is 345 g/mol. The van der Waals surface area contributed by atoms with Gasteiger partial charge < -0.3 is 9.72 Å². The molecule has 0 aliphatic rings. The molecule has 0 radical (unpaired) electrons. The summed E-state index contributed by atoms with van der Waals surface area (Å²) in [6.45, 7) is 0. The number of aromatic amines is 1. The molecule has 0 aliphatic heterocycles. The number of aldehydes is 1. The Morgan fingerprint density at radius 1 is 0.962 bits per heavy atom. The van der Waals surface area contributed by atoms with Crippen molar-refractivity contribution in [3.63, 3.8) is 0 Å². The molecule has 0 atom stereocenters. The first kappa shape index (κ1) is 16.1. The van der Waals surface area contributed by atoms with Crippen molar-refractivity contribution >= 4 is 17.2 Å². The third-order valence-corrected chi connectivity index (χ3v) is 4.49. The van der Waals surface area contributed by atoms with Gasteiger partial charge >= 0.3 is 0 Å². The second-order valence-corrected chi connectivity index (χ2v) is 6.00.